The molecule has 1 aliphatic rings. The molecule has 0 saturated carbocycles. The second-order valence-corrected chi connectivity index (χ2v) is 7.29. The fraction of sp³-hybridized carbons (Fsp3) is 0.688. The molecule has 1 atom stereocenters. The first-order valence-electron chi connectivity index (χ1n) is 7.90. The lowest BCUT2D eigenvalue weighted by Crippen LogP contribution is -2.49. The number of amides is 1. The van der Waals surface area contributed by atoms with Crippen molar-refractivity contribution in [1.29, 1.82) is 0 Å². The number of piperidine rings is 1. The molecule has 0 spiro atoms. The van der Waals surface area contributed by atoms with Gasteiger partial charge in [-0.25, -0.2) is 14.8 Å². The number of rotatable bonds is 3. The van der Waals surface area contributed by atoms with Gasteiger partial charge in [0.15, 0.2) is 0 Å². The summed E-state index contributed by atoms with van der Waals surface area (Å²) in [5, 5.41) is 0.259. The number of aromatic nitrogens is 2. The van der Waals surface area contributed by atoms with Crippen LogP contribution in [-0.2, 0) is 11.3 Å². The zero-order valence-corrected chi connectivity index (χ0v) is 15.0. The molecule has 0 N–H and O–H groups in total. The highest BCUT2D eigenvalue weighted by molar-refractivity contribution is 6.28. The molecule has 1 aliphatic heterocycles. The third kappa shape index (κ3) is 5.62. The predicted octanol–water partition coefficient (Wildman–Crippen LogP) is 2.96. The maximum absolute atomic E-state index is 12.2. The molecule has 7 heteroatoms. The second kappa shape index (κ2) is 7.45. The summed E-state index contributed by atoms with van der Waals surface area (Å²) in [6, 6.07) is 2.14. The van der Waals surface area contributed by atoms with Gasteiger partial charge in [0.1, 0.15) is 5.60 Å². The lowest BCUT2D eigenvalue weighted by atomic mass is 10.0. The Morgan fingerprint density at radius 1 is 1.52 bits per heavy atom. The van der Waals surface area contributed by atoms with Crippen molar-refractivity contribution in [2.24, 2.45) is 0 Å². The number of likely N-dealkylation sites (tertiary alicyclic amines) is 1. The van der Waals surface area contributed by atoms with Gasteiger partial charge in [0.05, 0.1) is 5.69 Å². The van der Waals surface area contributed by atoms with Crippen LogP contribution in [0.3, 0.4) is 0 Å². The van der Waals surface area contributed by atoms with Crippen molar-refractivity contribution >= 4 is 17.7 Å². The van der Waals surface area contributed by atoms with E-state index in [0.717, 1.165) is 25.1 Å². The minimum Gasteiger partial charge on any atom is -0.444 e. The lowest BCUT2D eigenvalue weighted by molar-refractivity contribution is 0.0120. The van der Waals surface area contributed by atoms with Crippen LogP contribution in [0.1, 0.15) is 39.3 Å². The van der Waals surface area contributed by atoms with Crippen LogP contribution in [0.15, 0.2) is 12.3 Å². The molecular weight excluding hydrogens is 316 g/mol. The fourth-order valence-corrected chi connectivity index (χ4v) is 2.81. The maximum atomic E-state index is 12.2. The molecule has 1 saturated heterocycles. The van der Waals surface area contributed by atoms with E-state index in [9.17, 15) is 4.79 Å². The number of ether oxygens (including phenoxy) is 1. The average Bonchev–Trinajstić information content (AvgIpc) is 2.45. The van der Waals surface area contributed by atoms with Gasteiger partial charge >= 0.3 is 6.09 Å². The quantitative estimate of drug-likeness (QED) is 0.792. The van der Waals surface area contributed by atoms with E-state index in [4.69, 9.17) is 16.3 Å². The van der Waals surface area contributed by atoms with Crippen LogP contribution in [0.5, 0.6) is 0 Å². The Bertz CT molecular complexity index is 547. The van der Waals surface area contributed by atoms with Gasteiger partial charge in [-0.1, -0.05) is 0 Å². The topological polar surface area (TPSA) is 58.6 Å². The molecule has 0 aliphatic carbocycles. The summed E-state index contributed by atoms with van der Waals surface area (Å²) in [6.45, 7) is 7.75. The monoisotopic (exact) mass is 340 g/mol. The summed E-state index contributed by atoms with van der Waals surface area (Å²) < 4.78 is 5.47. The Morgan fingerprint density at radius 2 is 2.26 bits per heavy atom. The summed E-state index contributed by atoms with van der Waals surface area (Å²) in [6.07, 6.45) is 3.44. The Hall–Kier alpha value is -1.40. The second-order valence-electron chi connectivity index (χ2n) is 6.95. The van der Waals surface area contributed by atoms with Crippen LogP contribution in [0.4, 0.5) is 4.79 Å². The number of hydrogen-bond acceptors (Lipinski definition) is 5. The average molecular weight is 341 g/mol. The van der Waals surface area contributed by atoms with Gasteiger partial charge in [-0.05, 0) is 58.3 Å². The van der Waals surface area contributed by atoms with Crippen LogP contribution in [0.25, 0.3) is 0 Å². The molecule has 1 unspecified atom stereocenters. The SMILES string of the molecule is CN(Cc1ccnc(Cl)n1)C1CCCN(C(=O)OC(C)(C)C)C1. The van der Waals surface area contributed by atoms with Crippen molar-refractivity contribution in [3.8, 4) is 0 Å². The first-order valence-corrected chi connectivity index (χ1v) is 8.28. The smallest absolute Gasteiger partial charge is 0.410 e. The number of hydrogen-bond donors (Lipinski definition) is 0. The van der Waals surface area contributed by atoms with E-state index in [-0.39, 0.29) is 17.4 Å². The van der Waals surface area contributed by atoms with Crippen molar-refractivity contribution < 1.29 is 9.53 Å². The van der Waals surface area contributed by atoms with Crippen molar-refractivity contribution in [3.63, 3.8) is 0 Å². The van der Waals surface area contributed by atoms with Crippen LogP contribution in [-0.4, -0.2) is 57.6 Å². The summed E-state index contributed by atoms with van der Waals surface area (Å²) in [7, 11) is 2.04. The minimum atomic E-state index is -0.465. The highest BCUT2D eigenvalue weighted by Crippen LogP contribution is 2.19. The highest BCUT2D eigenvalue weighted by Gasteiger charge is 2.29. The molecule has 1 aromatic rings. The summed E-state index contributed by atoms with van der Waals surface area (Å²) in [5.41, 5.74) is 0.412. The molecular formula is C16H25ClN4O2. The maximum Gasteiger partial charge on any atom is 0.410 e. The van der Waals surface area contributed by atoms with Crippen LogP contribution < -0.4 is 0 Å². The van der Waals surface area contributed by atoms with Gasteiger partial charge in [0, 0.05) is 31.9 Å². The third-order valence-electron chi connectivity index (χ3n) is 3.77. The third-order valence-corrected chi connectivity index (χ3v) is 3.95. The van der Waals surface area contributed by atoms with Crippen LogP contribution in [0.2, 0.25) is 5.28 Å². The number of carbonyl (C=O) groups excluding carboxylic acids is 1. The zero-order valence-electron chi connectivity index (χ0n) is 14.3. The summed E-state index contributed by atoms with van der Waals surface area (Å²) in [4.78, 5) is 24.3. The largest absolute Gasteiger partial charge is 0.444 e. The summed E-state index contributed by atoms with van der Waals surface area (Å²) >= 11 is 5.83. The van der Waals surface area contributed by atoms with Crippen molar-refractivity contribution in [1.82, 2.24) is 19.8 Å². The molecule has 2 heterocycles. The standard InChI is InChI=1S/C16H25ClN4O2/c1-16(2,3)23-15(22)21-9-5-6-13(11-21)20(4)10-12-7-8-18-14(17)19-12/h7-8,13H,5-6,9-11H2,1-4H3. The van der Waals surface area contributed by atoms with Crippen molar-refractivity contribution in [2.75, 3.05) is 20.1 Å². The molecule has 128 valence electrons. The van der Waals surface area contributed by atoms with Crippen molar-refractivity contribution in [2.45, 2.75) is 51.8 Å². The van der Waals surface area contributed by atoms with E-state index >= 15 is 0 Å². The van der Waals surface area contributed by atoms with E-state index in [1.807, 2.05) is 33.9 Å². The molecule has 0 aromatic carbocycles. The Kier molecular flexibility index (Phi) is 5.81. The fourth-order valence-electron chi connectivity index (χ4n) is 2.65. The van der Waals surface area contributed by atoms with Crippen LogP contribution >= 0.6 is 11.6 Å². The number of carbonyl (C=O) groups is 1. The molecule has 6 nitrogen and oxygen atoms in total. The summed E-state index contributed by atoms with van der Waals surface area (Å²) in [5.74, 6) is 0. The van der Waals surface area contributed by atoms with E-state index in [0.29, 0.717) is 13.1 Å². The first kappa shape index (κ1) is 17.9. The van der Waals surface area contributed by atoms with Gasteiger partial charge < -0.3 is 9.64 Å². The van der Waals surface area contributed by atoms with Crippen molar-refractivity contribution in [3.05, 3.63) is 23.2 Å². The zero-order chi connectivity index (χ0) is 17.0. The molecule has 0 bridgehead atoms. The highest BCUT2D eigenvalue weighted by atomic mass is 35.5. The van der Waals surface area contributed by atoms with E-state index < -0.39 is 5.60 Å². The van der Waals surface area contributed by atoms with Crippen LogP contribution in [0, 0.1) is 0 Å². The van der Waals surface area contributed by atoms with Gasteiger partial charge in [-0.2, -0.15) is 0 Å². The Morgan fingerprint density at radius 3 is 2.91 bits per heavy atom. The van der Waals surface area contributed by atoms with Gasteiger partial charge in [0.2, 0.25) is 5.28 Å². The number of halogens is 1. The number of likely N-dealkylation sites (N-methyl/N-ethyl adjacent to an activating group) is 1. The molecule has 2 rings (SSSR count). The molecule has 0 radical (unpaired) electrons. The normalized spacial score (nSPS) is 19.0. The van der Waals surface area contributed by atoms with Gasteiger partial charge in [0.25, 0.3) is 0 Å². The van der Waals surface area contributed by atoms with Gasteiger partial charge in [-0.15, -0.1) is 0 Å². The Labute approximate surface area is 142 Å². The Balaban J connectivity index is 1.93. The molecule has 1 fully saturated rings. The van der Waals surface area contributed by atoms with Gasteiger partial charge in [-0.3, -0.25) is 4.90 Å². The van der Waals surface area contributed by atoms with E-state index in [1.165, 1.54) is 0 Å². The first-order chi connectivity index (χ1) is 10.7. The predicted molar refractivity (Wildman–Crippen MR) is 89.3 cm³/mol. The van der Waals surface area contributed by atoms with E-state index in [1.54, 1.807) is 11.1 Å². The minimum absolute atomic E-state index is 0.235. The van der Waals surface area contributed by atoms with E-state index in [2.05, 4.69) is 14.9 Å². The molecule has 23 heavy (non-hydrogen) atoms. The lowest BCUT2D eigenvalue weighted by Gasteiger charge is -2.38. The molecule has 1 aromatic heterocycles. The number of nitrogens with zero attached hydrogens (tertiary/aromatic N) is 4. The molecule has 1 amide bonds.